The third-order valence-electron chi connectivity index (χ3n) is 7.18. The molecule has 0 amide bonds. The number of carbonyl (C=O) groups is 1. The van der Waals surface area contributed by atoms with Gasteiger partial charge in [0.1, 0.15) is 18.1 Å². The van der Waals surface area contributed by atoms with E-state index in [1.54, 1.807) is 18.2 Å². The summed E-state index contributed by atoms with van der Waals surface area (Å²) in [6, 6.07) is 14.6. The minimum absolute atomic E-state index is 0.0472. The number of hydrogen-bond donors (Lipinski definition) is 1. The molecule has 0 aliphatic carbocycles. The number of fused-ring (bicyclic) bond motifs is 1. The fraction of sp³-hybridized carbons (Fsp3) is 0.393. The number of carboxylic acids is 1. The largest absolute Gasteiger partial charge is 0.492 e. The Kier molecular flexibility index (Phi) is 7.64. The van der Waals surface area contributed by atoms with Gasteiger partial charge in [0.15, 0.2) is 6.04 Å². The van der Waals surface area contributed by atoms with Crippen LogP contribution in [0.15, 0.2) is 70.2 Å². The second-order valence-electron chi connectivity index (χ2n) is 9.57. The van der Waals surface area contributed by atoms with Crippen LogP contribution in [0.2, 0.25) is 0 Å². The third-order valence-corrected chi connectivity index (χ3v) is 9.05. The lowest BCUT2D eigenvalue weighted by atomic mass is 10.0. The van der Waals surface area contributed by atoms with Crippen LogP contribution in [0.4, 0.5) is 0 Å². The van der Waals surface area contributed by atoms with Crippen molar-refractivity contribution in [2.45, 2.75) is 43.0 Å². The van der Waals surface area contributed by atoms with Crippen molar-refractivity contribution in [2.75, 3.05) is 32.8 Å². The van der Waals surface area contributed by atoms with Gasteiger partial charge in [0.2, 0.25) is 10.0 Å². The first-order valence-corrected chi connectivity index (χ1v) is 14.2. The molecule has 2 aliphatic rings. The van der Waals surface area contributed by atoms with Gasteiger partial charge in [-0.05, 0) is 79.4 Å². The summed E-state index contributed by atoms with van der Waals surface area (Å²) in [5, 5.41) is 9.75. The van der Waals surface area contributed by atoms with Crippen molar-refractivity contribution in [3.63, 3.8) is 0 Å². The fourth-order valence-corrected chi connectivity index (χ4v) is 6.68. The van der Waals surface area contributed by atoms with Crippen LogP contribution in [0.25, 0.3) is 11.1 Å². The molecule has 8 nitrogen and oxygen atoms in total. The zero-order valence-electron chi connectivity index (χ0n) is 20.7. The monoisotopic (exact) mass is 524 g/mol. The zero-order valence-corrected chi connectivity index (χ0v) is 21.5. The maximum atomic E-state index is 13.4. The van der Waals surface area contributed by atoms with E-state index < -0.39 is 22.0 Å². The van der Waals surface area contributed by atoms with Gasteiger partial charge in [0.25, 0.3) is 0 Å². The molecule has 1 unspecified atom stereocenters. The van der Waals surface area contributed by atoms with E-state index in [1.165, 1.54) is 44.1 Å². The zero-order chi connectivity index (χ0) is 25.8. The number of hydrogen-bond acceptors (Lipinski definition) is 6. The second kappa shape index (κ2) is 11.1. The molecule has 0 bridgehead atoms. The highest BCUT2D eigenvalue weighted by atomic mass is 32.2. The van der Waals surface area contributed by atoms with E-state index in [0.29, 0.717) is 13.0 Å². The Labute approximate surface area is 217 Å². The molecule has 1 atom stereocenters. The molecule has 2 aromatic carbocycles. The number of rotatable bonds is 8. The van der Waals surface area contributed by atoms with E-state index in [1.807, 2.05) is 24.3 Å². The highest BCUT2D eigenvalue weighted by molar-refractivity contribution is 7.89. The van der Waals surface area contributed by atoms with Gasteiger partial charge in [0.05, 0.1) is 11.2 Å². The minimum Gasteiger partial charge on any atom is -0.492 e. The van der Waals surface area contributed by atoms with Crippen molar-refractivity contribution < 1.29 is 27.5 Å². The first kappa shape index (κ1) is 25.5. The molecule has 2 aliphatic heterocycles. The van der Waals surface area contributed by atoms with Crippen LogP contribution in [0, 0.1) is 0 Å². The molecule has 3 aromatic rings. The van der Waals surface area contributed by atoms with Crippen molar-refractivity contribution in [3.8, 4) is 16.9 Å². The molecule has 9 heteroatoms. The smallest absolute Gasteiger partial charge is 0.329 e. The SMILES string of the molecule is O=C(O)C1c2occc2CCN1S(=O)(=O)c1ccc(-c2ccc(OCCN3CCCCCC3)cc2)cc1. The summed E-state index contributed by atoms with van der Waals surface area (Å²) < 4.78 is 39.0. The van der Waals surface area contributed by atoms with E-state index >= 15 is 0 Å². The summed E-state index contributed by atoms with van der Waals surface area (Å²) in [6.45, 7) is 3.95. The molecular weight excluding hydrogens is 492 g/mol. The van der Waals surface area contributed by atoms with Crippen LogP contribution in [0.1, 0.15) is 43.0 Å². The normalized spacial score (nSPS) is 19.2. The molecule has 1 N–H and O–H groups in total. The van der Waals surface area contributed by atoms with Gasteiger partial charge in [-0.3, -0.25) is 4.90 Å². The van der Waals surface area contributed by atoms with Crippen LogP contribution < -0.4 is 4.74 Å². The predicted molar refractivity (Wildman–Crippen MR) is 139 cm³/mol. The summed E-state index contributed by atoms with van der Waals surface area (Å²) in [5.41, 5.74) is 2.52. The van der Waals surface area contributed by atoms with Crippen LogP contribution in [-0.4, -0.2) is 61.5 Å². The summed E-state index contributed by atoms with van der Waals surface area (Å²) in [6.07, 6.45) is 6.96. The highest BCUT2D eigenvalue weighted by Crippen LogP contribution is 2.35. The maximum Gasteiger partial charge on any atom is 0.329 e. The Morgan fingerprint density at radius 3 is 2.22 bits per heavy atom. The number of aliphatic carboxylic acids is 1. The molecule has 0 spiro atoms. The van der Waals surface area contributed by atoms with E-state index in [-0.39, 0.29) is 17.2 Å². The predicted octanol–water partition coefficient (Wildman–Crippen LogP) is 4.57. The number of likely N-dealkylation sites (tertiary alicyclic amines) is 1. The lowest BCUT2D eigenvalue weighted by Gasteiger charge is -2.31. The lowest BCUT2D eigenvalue weighted by molar-refractivity contribution is -0.142. The van der Waals surface area contributed by atoms with Crippen LogP contribution in [0.3, 0.4) is 0 Å². The number of ether oxygens (including phenoxy) is 1. The van der Waals surface area contributed by atoms with Crippen LogP contribution in [-0.2, 0) is 21.2 Å². The topological polar surface area (TPSA) is 100 Å². The molecule has 5 rings (SSSR count). The molecule has 0 radical (unpaired) electrons. The molecule has 37 heavy (non-hydrogen) atoms. The van der Waals surface area contributed by atoms with Gasteiger partial charge < -0.3 is 14.3 Å². The average molecular weight is 525 g/mol. The Bertz CT molecular complexity index is 1310. The quantitative estimate of drug-likeness (QED) is 0.461. The second-order valence-corrected chi connectivity index (χ2v) is 11.5. The van der Waals surface area contributed by atoms with Crippen LogP contribution >= 0.6 is 0 Å². The van der Waals surface area contributed by atoms with Crippen molar-refractivity contribution in [2.24, 2.45) is 0 Å². The number of nitrogens with zero attached hydrogens (tertiary/aromatic N) is 2. The van der Waals surface area contributed by atoms with E-state index in [9.17, 15) is 18.3 Å². The number of furan rings is 1. The first-order chi connectivity index (χ1) is 17.9. The van der Waals surface area contributed by atoms with E-state index in [2.05, 4.69) is 4.90 Å². The van der Waals surface area contributed by atoms with Crippen molar-refractivity contribution in [1.82, 2.24) is 9.21 Å². The fourth-order valence-electron chi connectivity index (χ4n) is 5.13. The third kappa shape index (κ3) is 5.58. The van der Waals surface area contributed by atoms with Gasteiger partial charge in [0, 0.05) is 13.1 Å². The minimum atomic E-state index is -4.04. The van der Waals surface area contributed by atoms with Gasteiger partial charge in [-0.15, -0.1) is 0 Å². The highest BCUT2D eigenvalue weighted by Gasteiger charge is 2.42. The molecule has 1 saturated heterocycles. The van der Waals surface area contributed by atoms with Gasteiger partial charge in [-0.1, -0.05) is 37.1 Å². The number of sulfonamides is 1. The number of benzene rings is 2. The molecule has 3 heterocycles. The lowest BCUT2D eigenvalue weighted by Crippen LogP contribution is -2.43. The Hall–Kier alpha value is -3.14. The molecular formula is C28H32N2O6S. The molecule has 196 valence electrons. The molecule has 1 aromatic heterocycles. The van der Waals surface area contributed by atoms with Crippen molar-refractivity contribution >= 4 is 16.0 Å². The summed E-state index contributed by atoms with van der Waals surface area (Å²) in [7, 11) is -4.04. The van der Waals surface area contributed by atoms with Crippen LogP contribution in [0.5, 0.6) is 5.75 Å². The Morgan fingerprint density at radius 1 is 0.919 bits per heavy atom. The van der Waals surface area contributed by atoms with E-state index in [0.717, 1.165) is 46.4 Å². The molecule has 1 fully saturated rings. The Morgan fingerprint density at radius 2 is 1.57 bits per heavy atom. The molecule has 0 saturated carbocycles. The standard InChI is InChI=1S/C28H32N2O6S/c31-28(32)26-27-23(14-19-36-27)13-17-30(26)37(33,34)25-11-7-22(8-12-25)21-5-9-24(10-6-21)35-20-18-29-15-3-1-2-4-16-29/h5-12,14,19,26H,1-4,13,15-18,20H2,(H,31,32). The van der Waals surface area contributed by atoms with Crippen molar-refractivity contribution in [3.05, 3.63) is 72.2 Å². The summed E-state index contributed by atoms with van der Waals surface area (Å²) >= 11 is 0. The van der Waals surface area contributed by atoms with Gasteiger partial charge in [-0.2, -0.15) is 4.31 Å². The first-order valence-electron chi connectivity index (χ1n) is 12.8. The number of carboxylic acid groups (broad SMARTS) is 1. The van der Waals surface area contributed by atoms with Gasteiger partial charge >= 0.3 is 5.97 Å². The van der Waals surface area contributed by atoms with Gasteiger partial charge in [-0.25, -0.2) is 13.2 Å². The van der Waals surface area contributed by atoms with Crippen molar-refractivity contribution in [1.29, 1.82) is 0 Å². The summed E-state index contributed by atoms with van der Waals surface area (Å²) in [5.74, 6) is -0.280. The summed E-state index contributed by atoms with van der Waals surface area (Å²) in [4.78, 5) is 14.5. The Balaban J connectivity index is 1.24. The maximum absolute atomic E-state index is 13.4. The average Bonchev–Trinajstić information content (AvgIpc) is 3.24. The van der Waals surface area contributed by atoms with E-state index in [4.69, 9.17) is 9.15 Å².